The lowest BCUT2D eigenvalue weighted by molar-refractivity contribution is 0.0388. The first kappa shape index (κ1) is 22.0. The maximum Gasteiger partial charge on any atom is 0.344 e. The van der Waals surface area contributed by atoms with Crippen molar-refractivity contribution in [2.75, 3.05) is 44.7 Å². The van der Waals surface area contributed by atoms with Gasteiger partial charge in [0.2, 0.25) is 5.88 Å². The SMILES string of the molecule is Cc1ccc(COc2nsc(NC(=O)NCCN3CCOCC3)c2C(=O)O)c(C)c1. The van der Waals surface area contributed by atoms with E-state index in [1.165, 1.54) is 0 Å². The molecule has 1 aromatic carbocycles. The summed E-state index contributed by atoms with van der Waals surface area (Å²) in [7, 11) is 0. The molecule has 2 amide bonds. The van der Waals surface area contributed by atoms with Crippen LogP contribution in [0, 0.1) is 13.8 Å². The van der Waals surface area contributed by atoms with Gasteiger partial charge in [-0.1, -0.05) is 23.8 Å². The van der Waals surface area contributed by atoms with Crippen LogP contribution in [-0.2, 0) is 11.3 Å². The number of aromatic nitrogens is 1. The van der Waals surface area contributed by atoms with Gasteiger partial charge in [0.15, 0.2) is 5.56 Å². The molecule has 0 aliphatic carbocycles. The monoisotopic (exact) mass is 434 g/mol. The second-order valence-corrected chi connectivity index (χ2v) is 7.82. The van der Waals surface area contributed by atoms with Gasteiger partial charge in [-0.05, 0) is 36.5 Å². The lowest BCUT2D eigenvalue weighted by Gasteiger charge is -2.26. The normalized spacial score (nSPS) is 14.3. The Morgan fingerprint density at radius 2 is 2.07 bits per heavy atom. The van der Waals surface area contributed by atoms with Crippen LogP contribution in [0.2, 0.25) is 0 Å². The van der Waals surface area contributed by atoms with E-state index in [2.05, 4.69) is 19.9 Å². The topological polar surface area (TPSA) is 113 Å². The number of rotatable bonds is 8. The number of carboxylic acid groups (broad SMARTS) is 1. The fraction of sp³-hybridized carbons (Fsp3) is 0.450. The number of amides is 2. The number of benzene rings is 1. The Bertz CT molecular complexity index is 895. The molecule has 1 aromatic heterocycles. The molecule has 1 saturated heterocycles. The third kappa shape index (κ3) is 5.91. The van der Waals surface area contributed by atoms with Crippen LogP contribution in [0.1, 0.15) is 27.0 Å². The van der Waals surface area contributed by atoms with Crippen LogP contribution >= 0.6 is 11.5 Å². The molecule has 1 aliphatic heterocycles. The largest absolute Gasteiger partial charge is 0.477 e. The highest BCUT2D eigenvalue weighted by atomic mass is 32.1. The van der Waals surface area contributed by atoms with Crippen molar-refractivity contribution < 1.29 is 24.2 Å². The van der Waals surface area contributed by atoms with Crippen molar-refractivity contribution in [3.05, 3.63) is 40.5 Å². The van der Waals surface area contributed by atoms with E-state index < -0.39 is 12.0 Å². The minimum absolute atomic E-state index is 0.00362. The van der Waals surface area contributed by atoms with Crippen molar-refractivity contribution in [3.63, 3.8) is 0 Å². The van der Waals surface area contributed by atoms with E-state index in [1.807, 2.05) is 32.0 Å². The molecule has 1 fully saturated rings. The zero-order valence-corrected chi connectivity index (χ0v) is 17.9. The van der Waals surface area contributed by atoms with E-state index in [0.29, 0.717) is 26.3 Å². The average molecular weight is 435 g/mol. The van der Waals surface area contributed by atoms with E-state index in [1.54, 1.807) is 0 Å². The average Bonchev–Trinajstić information content (AvgIpc) is 3.10. The molecule has 0 spiro atoms. The number of aromatic carboxylic acids is 1. The van der Waals surface area contributed by atoms with Crippen molar-refractivity contribution in [1.82, 2.24) is 14.6 Å². The number of morpholine rings is 1. The molecular formula is C20H26N4O5S. The zero-order valence-electron chi connectivity index (χ0n) is 17.1. The van der Waals surface area contributed by atoms with E-state index in [0.717, 1.165) is 41.3 Å². The van der Waals surface area contributed by atoms with Crippen molar-refractivity contribution in [2.45, 2.75) is 20.5 Å². The fourth-order valence-corrected chi connectivity index (χ4v) is 3.82. The number of aryl methyl sites for hydroxylation is 2. The number of hydrogen-bond donors (Lipinski definition) is 3. The molecule has 2 aromatic rings. The lowest BCUT2D eigenvalue weighted by Crippen LogP contribution is -2.42. The van der Waals surface area contributed by atoms with E-state index in [-0.39, 0.29) is 23.1 Å². The number of urea groups is 1. The number of hydrogen-bond acceptors (Lipinski definition) is 7. The minimum atomic E-state index is -1.21. The summed E-state index contributed by atoms with van der Waals surface area (Å²) in [5.74, 6) is -1.21. The summed E-state index contributed by atoms with van der Waals surface area (Å²) in [5.41, 5.74) is 3.00. The van der Waals surface area contributed by atoms with Gasteiger partial charge in [-0.15, -0.1) is 0 Å². The standard InChI is InChI=1S/C20H26N4O5S/c1-13-3-4-15(14(2)11-13)12-29-17-16(19(25)26)18(30-23-17)22-20(27)21-5-6-24-7-9-28-10-8-24/h3-4,11H,5-10,12H2,1-2H3,(H,25,26)(H2,21,22,27). The molecular weight excluding hydrogens is 408 g/mol. The van der Waals surface area contributed by atoms with Crippen LogP contribution in [0.15, 0.2) is 18.2 Å². The molecule has 1 aliphatic rings. The smallest absolute Gasteiger partial charge is 0.344 e. The van der Waals surface area contributed by atoms with Crippen LogP contribution in [0.3, 0.4) is 0 Å². The quantitative estimate of drug-likeness (QED) is 0.585. The first-order valence-corrected chi connectivity index (χ1v) is 10.5. The van der Waals surface area contributed by atoms with Crippen LogP contribution in [-0.4, -0.2) is 65.8 Å². The molecule has 162 valence electrons. The predicted molar refractivity (Wildman–Crippen MR) is 114 cm³/mol. The molecule has 0 bridgehead atoms. The minimum Gasteiger partial charge on any atom is -0.477 e. The maximum absolute atomic E-state index is 12.2. The molecule has 3 N–H and O–H groups in total. The third-order valence-electron chi connectivity index (χ3n) is 4.78. The van der Waals surface area contributed by atoms with Crippen molar-refractivity contribution in [2.24, 2.45) is 0 Å². The van der Waals surface area contributed by atoms with E-state index in [4.69, 9.17) is 9.47 Å². The summed E-state index contributed by atoms with van der Waals surface area (Å²) in [6.45, 7) is 8.38. The van der Waals surface area contributed by atoms with Gasteiger partial charge in [0.05, 0.1) is 13.2 Å². The molecule has 0 unspecified atom stereocenters. The maximum atomic E-state index is 12.2. The number of nitrogens with zero attached hydrogens (tertiary/aromatic N) is 2. The summed E-state index contributed by atoms with van der Waals surface area (Å²) in [6.07, 6.45) is 0. The number of carbonyl (C=O) groups excluding carboxylic acids is 1. The van der Waals surface area contributed by atoms with E-state index in [9.17, 15) is 14.7 Å². The van der Waals surface area contributed by atoms with E-state index >= 15 is 0 Å². The summed E-state index contributed by atoms with van der Waals surface area (Å²) in [6, 6.07) is 5.47. The van der Waals surface area contributed by atoms with Crippen molar-refractivity contribution in [3.8, 4) is 5.88 Å². The summed E-state index contributed by atoms with van der Waals surface area (Å²) in [4.78, 5) is 26.1. The van der Waals surface area contributed by atoms with Gasteiger partial charge >= 0.3 is 12.0 Å². The predicted octanol–water partition coefficient (Wildman–Crippen LogP) is 2.49. The fourth-order valence-electron chi connectivity index (χ4n) is 3.10. The van der Waals surface area contributed by atoms with Gasteiger partial charge in [0.25, 0.3) is 0 Å². The zero-order chi connectivity index (χ0) is 21.5. The summed E-state index contributed by atoms with van der Waals surface area (Å²) in [5, 5.41) is 15.0. The third-order valence-corrected chi connectivity index (χ3v) is 5.53. The highest BCUT2D eigenvalue weighted by Gasteiger charge is 2.23. The number of anilines is 1. The Morgan fingerprint density at radius 3 is 2.77 bits per heavy atom. The molecule has 2 heterocycles. The molecule has 10 heteroatoms. The first-order valence-electron chi connectivity index (χ1n) is 9.71. The molecule has 9 nitrogen and oxygen atoms in total. The summed E-state index contributed by atoms with van der Waals surface area (Å²) >= 11 is 0.881. The van der Waals surface area contributed by atoms with Crippen LogP contribution in [0.5, 0.6) is 5.88 Å². The number of carboxylic acids is 1. The molecule has 0 saturated carbocycles. The van der Waals surface area contributed by atoms with Gasteiger partial charge in [-0.2, -0.15) is 4.37 Å². The Balaban J connectivity index is 1.56. The van der Waals surface area contributed by atoms with Gasteiger partial charge in [0, 0.05) is 26.2 Å². The second-order valence-electron chi connectivity index (χ2n) is 7.05. The Hall–Kier alpha value is -2.69. The van der Waals surface area contributed by atoms with Gasteiger partial charge in [-0.25, -0.2) is 9.59 Å². The Kier molecular flexibility index (Phi) is 7.61. The van der Waals surface area contributed by atoms with Crippen LogP contribution < -0.4 is 15.4 Å². The number of carbonyl (C=O) groups is 2. The van der Waals surface area contributed by atoms with Crippen LogP contribution in [0.25, 0.3) is 0 Å². The molecule has 0 radical (unpaired) electrons. The highest BCUT2D eigenvalue weighted by molar-refractivity contribution is 7.11. The van der Waals surface area contributed by atoms with Gasteiger partial charge in [0.1, 0.15) is 11.6 Å². The number of ether oxygens (including phenoxy) is 2. The molecule has 30 heavy (non-hydrogen) atoms. The first-order chi connectivity index (χ1) is 14.4. The van der Waals surface area contributed by atoms with Crippen molar-refractivity contribution >= 4 is 28.5 Å². The van der Waals surface area contributed by atoms with Gasteiger partial charge < -0.3 is 19.9 Å². The lowest BCUT2D eigenvalue weighted by atomic mass is 10.1. The summed E-state index contributed by atoms with van der Waals surface area (Å²) < 4.78 is 15.0. The highest BCUT2D eigenvalue weighted by Crippen LogP contribution is 2.31. The molecule has 3 rings (SSSR count). The second kappa shape index (κ2) is 10.4. The molecule has 0 atom stereocenters. The van der Waals surface area contributed by atoms with Crippen molar-refractivity contribution in [1.29, 1.82) is 0 Å². The van der Waals surface area contributed by atoms with Gasteiger partial charge in [-0.3, -0.25) is 10.2 Å². The number of nitrogens with one attached hydrogen (secondary N) is 2. The Labute approximate surface area is 179 Å². The van der Waals surface area contributed by atoms with Crippen LogP contribution in [0.4, 0.5) is 9.80 Å². The Morgan fingerprint density at radius 1 is 1.30 bits per heavy atom.